The lowest BCUT2D eigenvalue weighted by atomic mass is 10.2. The molecular weight excluding hydrogens is 337 g/mol. The molecule has 0 saturated carbocycles. The van der Waals surface area contributed by atoms with Gasteiger partial charge in [0.2, 0.25) is 0 Å². The van der Waals surface area contributed by atoms with Gasteiger partial charge in [-0.25, -0.2) is 9.97 Å². The molecule has 2 N–H and O–H groups in total. The monoisotopic (exact) mass is 345 g/mol. The average Bonchev–Trinajstić information content (AvgIpc) is 2.36. The number of anilines is 1. The minimum Gasteiger partial charge on any atom is -0.383 e. The minimum absolute atomic E-state index is 0.419. The number of benzene rings is 1. The highest BCUT2D eigenvalue weighted by molar-refractivity contribution is 9.10. The number of aromatic nitrogens is 2. The fraction of sp³-hybridized carbons (Fsp3) is 0.167. The molecule has 2 rings (SSSR count). The van der Waals surface area contributed by atoms with Crippen molar-refractivity contribution in [1.82, 2.24) is 9.97 Å². The van der Waals surface area contributed by atoms with Crippen LogP contribution in [0, 0.1) is 0 Å². The van der Waals surface area contributed by atoms with Crippen LogP contribution < -0.4 is 5.73 Å². The topological polar surface area (TPSA) is 51.8 Å². The van der Waals surface area contributed by atoms with Crippen LogP contribution in [-0.4, -0.2) is 9.97 Å². The van der Waals surface area contributed by atoms with Gasteiger partial charge in [-0.15, -0.1) is 0 Å². The van der Waals surface area contributed by atoms with Crippen LogP contribution in [0.3, 0.4) is 0 Å². The highest BCUT2D eigenvalue weighted by atomic mass is 79.9. The van der Waals surface area contributed by atoms with Gasteiger partial charge in [0, 0.05) is 5.56 Å². The second kappa shape index (κ2) is 5.43. The van der Waals surface area contributed by atoms with E-state index in [-0.39, 0.29) is 0 Å². The van der Waals surface area contributed by atoms with Crippen molar-refractivity contribution in [2.24, 2.45) is 0 Å². The van der Waals surface area contributed by atoms with Gasteiger partial charge in [-0.05, 0) is 40.5 Å². The van der Waals surface area contributed by atoms with Crippen molar-refractivity contribution in [2.45, 2.75) is 13.3 Å². The lowest BCUT2D eigenvalue weighted by Crippen LogP contribution is -2.02. The Kier molecular flexibility index (Phi) is 4.10. The summed E-state index contributed by atoms with van der Waals surface area (Å²) in [6, 6.07) is 5.26. The Balaban J connectivity index is 2.57. The van der Waals surface area contributed by atoms with E-state index in [9.17, 15) is 0 Å². The first-order chi connectivity index (χ1) is 8.52. The highest BCUT2D eigenvalue weighted by Crippen LogP contribution is 2.29. The van der Waals surface area contributed by atoms with Crippen molar-refractivity contribution in [3.8, 4) is 11.4 Å². The number of nitrogens with two attached hydrogens (primary N) is 1. The largest absolute Gasteiger partial charge is 0.383 e. The molecule has 0 bridgehead atoms. The molecule has 0 atom stereocenters. The fourth-order valence-corrected chi connectivity index (χ4v) is 2.27. The predicted molar refractivity (Wildman–Crippen MR) is 79.0 cm³/mol. The third-order valence-electron chi connectivity index (χ3n) is 2.46. The van der Waals surface area contributed by atoms with Crippen LogP contribution in [0.15, 0.2) is 22.7 Å². The van der Waals surface area contributed by atoms with E-state index >= 15 is 0 Å². The van der Waals surface area contributed by atoms with Crippen molar-refractivity contribution >= 4 is 44.9 Å². The Bertz CT molecular complexity index is 602. The smallest absolute Gasteiger partial charge is 0.161 e. The first-order valence-electron chi connectivity index (χ1n) is 5.30. The van der Waals surface area contributed by atoms with Crippen LogP contribution >= 0.6 is 39.1 Å². The summed E-state index contributed by atoms with van der Waals surface area (Å²) in [5.41, 5.74) is 7.50. The van der Waals surface area contributed by atoms with Gasteiger partial charge < -0.3 is 5.73 Å². The number of rotatable bonds is 2. The van der Waals surface area contributed by atoms with Crippen molar-refractivity contribution in [1.29, 1.82) is 0 Å². The Morgan fingerprint density at radius 3 is 2.56 bits per heavy atom. The van der Waals surface area contributed by atoms with Crippen molar-refractivity contribution in [3.05, 3.63) is 38.4 Å². The molecule has 6 heteroatoms. The quantitative estimate of drug-likeness (QED) is 0.878. The van der Waals surface area contributed by atoms with Crippen molar-refractivity contribution in [3.63, 3.8) is 0 Å². The molecule has 0 aliphatic carbocycles. The molecule has 0 radical (unpaired) electrons. The number of nitrogens with zero attached hydrogens (tertiary/aromatic N) is 2. The maximum Gasteiger partial charge on any atom is 0.161 e. The second-order valence-corrected chi connectivity index (χ2v) is 5.28. The van der Waals surface area contributed by atoms with E-state index < -0.39 is 0 Å². The van der Waals surface area contributed by atoms with Crippen LogP contribution in [0.25, 0.3) is 11.4 Å². The Labute approximate surface area is 123 Å². The van der Waals surface area contributed by atoms with E-state index in [0.717, 1.165) is 22.2 Å². The zero-order valence-electron chi connectivity index (χ0n) is 9.54. The van der Waals surface area contributed by atoms with Crippen LogP contribution in [0.4, 0.5) is 5.82 Å². The minimum atomic E-state index is 0.419. The molecule has 1 aromatic heterocycles. The summed E-state index contributed by atoms with van der Waals surface area (Å²) >= 11 is 15.2. The molecule has 0 spiro atoms. The third kappa shape index (κ3) is 2.60. The number of halogens is 3. The summed E-state index contributed by atoms with van der Waals surface area (Å²) < 4.78 is 0.744. The van der Waals surface area contributed by atoms with Gasteiger partial charge in [-0.3, -0.25) is 0 Å². The molecule has 0 aliphatic rings. The van der Waals surface area contributed by atoms with E-state index in [1.807, 2.05) is 13.0 Å². The number of hydrogen-bond donors (Lipinski definition) is 1. The molecule has 0 aliphatic heterocycles. The van der Waals surface area contributed by atoms with Gasteiger partial charge in [0.05, 0.1) is 20.2 Å². The van der Waals surface area contributed by atoms with Gasteiger partial charge in [0.15, 0.2) is 5.82 Å². The van der Waals surface area contributed by atoms with E-state index in [4.69, 9.17) is 28.9 Å². The summed E-state index contributed by atoms with van der Waals surface area (Å²) in [4.78, 5) is 8.69. The molecule has 2 aromatic rings. The Morgan fingerprint density at radius 2 is 1.94 bits per heavy atom. The molecule has 0 saturated heterocycles. The molecule has 0 unspecified atom stereocenters. The fourth-order valence-electron chi connectivity index (χ4n) is 1.51. The van der Waals surface area contributed by atoms with Gasteiger partial charge in [-0.2, -0.15) is 0 Å². The predicted octanol–water partition coefficient (Wildman–Crippen LogP) is 4.36. The number of nitrogen functional groups attached to an aromatic ring is 1. The Hall–Kier alpha value is -0.840. The zero-order valence-corrected chi connectivity index (χ0v) is 12.6. The van der Waals surface area contributed by atoms with Gasteiger partial charge in [-0.1, -0.05) is 30.1 Å². The normalized spacial score (nSPS) is 10.7. The number of aryl methyl sites for hydroxylation is 1. The van der Waals surface area contributed by atoms with E-state index in [0.29, 0.717) is 21.7 Å². The standard InChI is InChI=1S/C12H10BrCl2N3/c1-2-9-10(13)11(16)18-12(17-9)6-3-4-7(14)8(15)5-6/h3-5H,2H2,1H3,(H2,16,17,18). The van der Waals surface area contributed by atoms with Gasteiger partial charge >= 0.3 is 0 Å². The van der Waals surface area contributed by atoms with Crippen LogP contribution in [0.5, 0.6) is 0 Å². The summed E-state index contributed by atoms with van der Waals surface area (Å²) in [6.45, 7) is 2.01. The molecule has 1 heterocycles. The molecule has 3 nitrogen and oxygen atoms in total. The van der Waals surface area contributed by atoms with Crippen LogP contribution in [0.1, 0.15) is 12.6 Å². The molecular formula is C12H10BrCl2N3. The lowest BCUT2D eigenvalue weighted by molar-refractivity contribution is 0.996. The van der Waals surface area contributed by atoms with E-state index in [1.165, 1.54) is 0 Å². The molecule has 18 heavy (non-hydrogen) atoms. The SMILES string of the molecule is CCc1nc(-c2ccc(Cl)c(Cl)c2)nc(N)c1Br. The van der Waals surface area contributed by atoms with Crippen molar-refractivity contribution < 1.29 is 0 Å². The van der Waals surface area contributed by atoms with E-state index in [1.54, 1.807) is 12.1 Å². The van der Waals surface area contributed by atoms with Gasteiger partial charge in [0.25, 0.3) is 0 Å². The lowest BCUT2D eigenvalue weighted by Gasteiger charge is -2.08. The van der Waals surface area contributed by atoms with Gasteiger partial charge in [0.1, 0.15) is 5.82 Å². The maximum atomic E-state index is 5.98. The summed E-state index contributed by atoms with van der Waals surface area (Å²) in [6.07, 6.45) is 0.766. The van der Waals surface area contributed by atoms with E-state index in [2.05, 4.69) is 25.9 Å². The molecule has 94 valence electrons. The zero-order chi connectivity index (χ0) is 13.3. The summed E-state index contributed by atoms with van der Waals surface area (Å²) in [5, 5.41) is 0.971. The molecule has 0 amide bonds. The first-order valence-corrected chi connectivity index (χ1v) is 6.85. The number of hydrogen-bond acceptors (Lipinski definition) is 3. The highest BCUT2D eigenvalue weighted by Gasteiger charge is 2.11. The first kappa shape index (κ1) is 13.6. The summed E-state index contributed by atoms with van der Waals surface area (Å²) in [7, 11) is 0. The average molecular weight is 347 g/mol. The second-order valence-electron chi connectivity index (χ2n) is 3.68. The van der Waals surface area contributed by atoms with Crippen molar-refractivity contribution in [2.75, 3.05) is 5.73 Å². The molecule has 0 fully saturated rings. The molecule has 1 aromatic carbocycles. The third-order valence-corrected chi connectivity index (χ3v) is 4.06. The summed E-state index contributed by atoms with van der Waals surface area (Å²) in [5.74, 6) is 0.967. The van der Waals surface area contributed by atoms with Crippen LogP contribution in [0.2, 0.25) is 10.0 Å². The van der Waals surface area contributed by atoms with Crippen LogP contribution in [-0.2, 0) is 6.42 Å². The maximum absolute atomic E-state index is 5.98. The Morgan fingerprint density at radius 1 is 1.22 bits per heavy atom.